The number of aromatic amines is 1. The smallest absolute Gasteiger partial charge is 0.240 e. The molecule has 108 valence electrons. The van der Waals surface area contributed by atoms with Gasteiger partial charge in [0.05, 0.1) is 6.54 Å². The molecule has 1 N–H and O–H groups in total. The summed E-state index contributed by atoms with van der Waals surface area (Å²) in [6, 6.07) is 0. The van der Waals surface area contributed by atoms with Crippen LogP contribution >= 0.6 is 0 Å². The van der Waals surface area contributed by atoms with E-state index in [0.717, 1.165) is 23.4 Å². The minimum atomic E-state index is 0.100. The van der Waals surface area contributed by atoms with Gasteiger partial charge in [0.2, 0.25) is 5.89 Å². The number of rotatable bonds is 5. The van der Waals surface area contributed by atoms with Crippen molar-refractivity contribution in [2.45, 2.75) is 40.8 Å². The lowest BCUT2D eigenvalue weighted by Gasteiger charge is -2.19. The highest BCUT2D eigenvalue weighted by Gasteiger charge is 2.13. The second kappa shape index (κ2) is 6.00. The molecule has 0 amide bonds. The van der Waals surface area contributed by atoms with Gasteiger partial charge < -0.3 is 9.51 Å². The number of nitrogens with one attached hydrogen (secondary N) is 1. The molecule has 0 bridgehead atoms. The highest BCUT2D eigenvalue weighted by molar-refractivity contribution is 5.23. The summed E-state index contributed by atoms with van der Waals surface area (Å²) in [4.78, 5) is 21.5. The summed E-state index contributed by atoms with van der Waals surface area (Å²) in [7, 11) is 0. The van der Waals surface area contributed by atoms with E-state index in [2.05, 4.69) is 26.9 Å². The molecule has 0 aromatic carbocycles. The van der Waals surface area contributed by atoms with Gasteiger partial charge in [0.25, 0.3) is 0 Å². The number of pyridine rings is 1. The Balaban J connectivity index is 2.14. The van der Waals surface area contributed by atoms with Crippen molar-refractivity contribution < 1.29 is 4.52 Å². The quantitative estimate of drug-likeness (QED) is 0.899. The Morgan fingerprint density at radius 1 is 1.30 bits per heavy atom. The summed E-state index contributed by atoms with van der Waals surface area (Å²) in [5.41, 5.74) is 2.54. The summed E-state index contributed by atoms with van der Waals surface area (Å²) in [5.74, 6) is 1.23. The summed E-state index contributed by atoms with van der Waals surface area (Å²) < 4.78 is 5.13. The Morgan fingerprint density at radius 2 is 2.05 bits per heavy atom. The zero-order chi connectivity index (χ0) is 14.7. The van der Waals surface area contributed by atoms with Crippen LogP contribution in [0.4, 0.5) is 0 Å². The third-order valence-electron chi connectivity index (χ3n) is 3.37. The predicted molar refractivity (Wildman–Crippen MR) is 75.4 cm³/mol. The molecule has 2 heterocycles. The molecule has 20 heavy (non-hydrogen) atoms. The predicted octanol–water partition coefficient (Wildman–Crippen LogP) is 1.71. The maximum atomic E-state index is 11.9. The lowest BCUT2D eigenvalue weighted by molar-refractivity contribution is 0.226. The average Bonchev–Trinajstić information content (AvgIpc) is 2.83. The van der Waals surface area contributed by atoms with Crippen LogP contribution in [-0.2, 0) is 13.1 Å². The molecule has 0 radical (unpaired) electrons. The van der Waals surface area contributed by atoms with Crippen LogP contribution in [0.25, 0.3) is 0 Å². The maximum absolute atomic E-state index is 11.9. The van der Waals surface area contributed by atoms with E-state index in [1.54, 1.807) is 13.1 Å². The van der Waals surface area contributed by atoms with Gasteiger partial charge in [0.1, 0.15) is 0 Å². The van der Waals surface area contributed by atoms with Gasteiger partial charge >= 0.3 is 0 Å². The van der Waals surface area contributed by atoms with Gasteiger partial charge in [-0.15, -0.1) is 0 Å². The molecule has 6 nitrogen and oxygen atoms in total. The molecule has 0 saturated heterocycles. The van der Waals surface area contributed by atoms with Crippen LogP contribution in [0.5, 0.6) is 0 Å². The summed E-state index contributed by atoms with van der Waals surface area (Å²) in [5, 5.41) is 3.78. The van der Waals surface area contributed by atoms with Crippen LogP contribution in [0.2, 0.25) is 0 Å². The number of nitrogens with zero attached hydrogens (tertiary/aromatic N) is 3. The van der Waals surface area contributed by atoms with E-state index in [1.807, 2.05) is 13.8 Å². The molecule has 0 aliphatic rings. The molecular formula is C14H20N4O2. The van der Waals surface area contributed by atoms with Crippen LogP contribution in [0.1, 0.15) is 35.5 Å². The van der Waals surface area contributed by atoms with Crippen LogP contribution in [0, 0.1) is 20.8 Å². The van der Waals surface area contributed by atoms with Crippen molar-refractivity contribution in [2.75, 3.05) is 6.54 Å². The van der Waals surface area contributed by atoms with E-state index >= 15 is 0 Å². The fraction of sp³-hybridized carbons (Fsp3) is 0.500. The number of aromatic nitrogens is 3. The lowest BCUT2D eigenvalue weighted by Crippen LogP contribution is -2.25. The Hall–Kier alpha value is -1.95. The topological polar surface area (TPSA) is 75.0 Å². The molecule has 0 unspecified atom stereocenters. The third kappa shape index (κ3) is 3.14. The van der Waals surface area contributed by atoms with Gasteiger partial charge in [-0.1, -0.05) is 12.1 Å². The molecule has 0 saturated carbocycles. The van der Waals surface area contributed by atoms with Gasteiger partial charge in [0, 0.05) is 29.6 Å². The standard InChI is InChI=1S/C14H20N4O2/c1-5-18(8-13-16-11(4)17-20-13)7-12-10(3)14(19)9(2)6-15-12/h6H,5,7-8H2,1-4H3,(H,15,19). The lowest BCUT2D eigenvalue weighted by atomic mass is 10.1. The number of hydrogen-bond donors (Lipinski definition) is 1. The largest absolute Gasteiger partial charge is 0.363 e. The second-order valence-corrected chi connectivity index (χ2v) is 4.94. The molecule has 6 heteroatoms. The minimum absolute atomic E-state index is 0.100. The zero-order valence-corrected chi connectivity index (χ0v) is 12.4. The summed E-state index contributed by atoms with van der Waals surface area (Å²) in [6.07, 6.45) is 1.76. The molecule has 2 aromatic rings. The Bertz CT molecular complexity index is 645. The van der Waals surface area contributed by atoms with Crippen molar-refractivity contribution in [3.8, 4) is 0 Å². The van der Waals surface area contributed by atoms with Crippen molar-refractivity contribution in [1.82, 2.24) is 20.0 Å². The van der Waals surface area contributed by atoms with Gasteiger partial charge in [-0.25, -0.2) is 0 Å². The first kappa shape index (κ1) is 14.5. The Morgan fingerprint density at radius 3 is 2.65 bits per heavy atom. The monoisotopic (exact) mass is 276 g/mol. The summed E-state index contributed by atoms with van der Waals surface area (Å²) in [6.45, 7) is 9.58. The molecule has 0 atom stereocenters. The number of hydrogen-bond acceptors (Lipinski definition) is 5. The van der Waals surface area contributed by atoms with Crippen molar-refractivity contribution in [2.24, 2.45) is 0 Å². The third-order valence-corrected chi connectivity index (χ3v) is 3.37. The Kier molecular flexibility index (Phi) is 4.34. The highest BCUT2D eigenvalue weighted by Crippen LogP contribution is 2.09. The van der Waals surface area contributed by atoms with Gasteiger partial charge in [-0.05, 0) is 27.3 Å². The number of aryl methyl sites for hydroxylation is 2. The van der Waals surface area contributed by atoms with Gasteiger partial charge in [0.15, 0.2) is 11.3 Å². The van der Waals surface area contributed by atoms with Crippen molar-refractivity contribution in [3.63, 3.8) is 0 Å². The fourth-order valence-corrected chi connectivity index (χ4v) is 2.06. The van der Waals surface area contributed by atoms with Crippen molar-refractivity contribution >= 4 is 0 Å². The van der Waals surface area contributed by atoms with E-state index < -0.39 is 0 Å². The van der Waals surface area contributed by atoms with Crippen LogP contribution < -0.4 is 5.43 Å². The maximum Gasteiger partial charge on any atom is 0.240 e. The first-order valence-electron chi connectivity index (χ1n) is 6.70. The van der Waals surface area contributed by atoms with Crippen LogP contribution in [0.15, 0.2) is 15.5 Å². The first-order chi connectivity index (χ1) is 9.51. The second-order valence-electron chi connectivity index (χ2n) is 4.94. The van der Waals surface area contributed by atoms with Crippen molar-refractivity contribution in [1.29, 1.82) is 0 Å². The fourth-order valence-electron chi connectivity index (χ4n) is 2.06. The first-order valence-corrected chi connectivity index (χ1v) is 6.70. The molecule has 0 aliphatic heterocycles. The molecule has 0 fully saturated rings. The van der Waals surface area contributed by atoms with E-state index in [4.69, 9.17) is 4.52 Å². The summed E-state index contributed by atoms with van der Waals surface area (Å²) >= 11 is 0. The molecule has 0 spiro atoms. The average molecular weight is 276 g/mol. The van der Waals surface area contributed by atoms with E-state index in [9.17, 15) is 4.79 Å². The Labute approximate surface area is 117 Å². The molecular weight excluding hydrogens is 256 g/mol. The van der Waals surface area contributed by atoms with Crippen LogP contribution in [-0.4, -0.2) is 26.6 Å². The highest BCUT2D eigenvalue weighted by atomic mass is 16.5. The number of H-pyrrole nitrogens is 1. The van der Waals surface area contributed by atoms with Crippen molar-refractivity contribution in [3.05, 3.63) is 45.0 Å². The zero-order valence-electron chi connectivity index (χ0n) is 12.4. The van der Waals surface area contributed by atoms with Crippen LogP contribution in [0.3, 0.4) is 0 Å². The van der Waals surface area contributed by atoms with E-state index in [1.165, 1.54) is 0 Å². The normalized spacial score (nSPS) is 11.2. The van der Waals surface area contributed by atoms with E-state index in [-0.39, 0.29) is 5.43 Å². The SMILES string of the molecule is CCN(Cc1nc(C)no1)Cc1[nH]cc(C)c(=O)c1C. The molecule has 0 aliphatic carbocycles. The van der Waals surface area contributed by atoms with Gasteiger partial charge in [-0.3, -0.25) is 9.69 Å². The molecule has 2 aromatic heterocycles. The molecule has 2 rings (SSSR count). The van der Waals surface area contributed by atoms with E-state index in [0.29, 0.717) is 24.8 Å². The minimum Gasteiger partial charge on any atom is -0.363 e. The van der Waals surface area contributed by atoms with Gasteiger partial charge in [-0.2, -0.15) is 4.98 Å².